The molecule has 0 amide bonds. The molecule has 0 saturated carbocycles. The van der Waals surface area contributed by atoms with E-state index in [-0.39, 0.29) is 5.75 Å². The van der Waals surface area contributed by atoms with E-state index in [1.165, 1.54) is 0 Å². The molecule has 1 N–H and O–H groups in total. The molecule has 0 aliphatic rings. The summed E-state index contributed by atoms with van der Waals surface area (Å²) in [5, 5.41) is 0. The number of rotatable bonds is 7. The quantitative estimate of drug-likeness (QED) is 0.775. The second-order valence-corrected chi connectivity index (χ2v) is 6.91. The lowest BCUT2D eigenvalue weighted by Gasteiger charge is -2.08. The van der Waals surface area contributed by atoms with Crippen LogP contribution in [0.4, 0.5) is 5.69 Å². The van der Waals surface area contributed by atoms with Gasteiger partial charge in [-0.1, -0.05) is 20.3 Å². The van der Waals surface area contributed by atoms with Crippen molar-refractivity contribution < 1.29 is 8.42 Å². The third kappa shape index (κ3) is 5.46. The van der Waals surface area contributed by atoms with Gasteiger partial charge < -0.3 is 0 Å². The number of hydrogen-bond donors (Lipinski definition) is 1. The summed E-state index contributed by atoms with van der Waals surface area (Å²) >= 11 is 1.74. The summed E-state index contributed by atoms with van der Waals surface area (Å²) in [7, 11) is -3.18. The lowest BCUT2D eigenvalue weighted by atomic mass is 10.3. The molecule has 0 spiro atoms. The molecule has 17 heavy (non-hydrogen) atoms. The maximum atomic E-state index is 11.7. The van der Waals surface area contributed by atoms with Crippen LogP contribution in [-0.2, 0) is 10.0 Å². The van der Waals surface area contributed by atoms with Crippen LogP contribution < -0.4 is 4.72 Å². The van der Waals surface area contributed by atoms with Gasteiger partial charge in [-0.3, -0.25) is 4.72 Å². The number of hydrogen-bond acceptors (Lipinski definition) is 3. The molecule has 0 heterocycles. The predicted octanol–water partition coefficient (Wildman–Crippen LogP) is 3.34. The number of nitrogens with one attached hydrogen (secondary N) is 1. The number of unbranched alkanes of at least 4 members (excludes halogenated alkanes) is 1. The van der Waals surface area contributed by atoms with E-state index >= 15 is 0 Å². The maximum Gasteiger partial charge on any atom is 0.232 e. The van der Waals surface area contributed by atoms with Crippen LogP contribution in [0, 0.1) is 0 Å². The minimum absolute atomic E-state index is 0.189. The van der Waals surface area contributed by atoms with Crippen LogP contribution in [0.3, 0.4) is 0 Å². The third-order valence-corrected chi connectivity index (χ3v) is 4.47. The van der Waals surface area contributed by atoms with Crippen molar-refractivity contribution >= 4 is 27.5 Å². The summed E-state index contributed by atoms with van der Waals surface area (Å²) in [6.07, 6.45) is 1.58. The van der Waals surface area contributed by atoms with Crippen LogP contribution in [0.5, 0.6) is 0 Å². The fourth-order valence-electron chi connectivity index (χ4n) is 1.35. The molecule has 0 aromatic heterocycles. The molecule has 96 valence electrons. The fourth-order valence-corrected chi connectivity index (χ4v) is 3.28. The first kappa shape index (κ1) is 14.4. The number of thioether (sulfide) groups is 1. The minimum atomic E-state index is -3.18. The highest BCUT2D eigenvalue weighted by molar-refractivity contribution is 7.99. The molecule has 1 rings (SSSR count). The Kier molecular flexibility index (Phi) is 5.85. The molecule has 5 heteroatoms. The average molecular weight is 273 g/mol. The Morgan fingerprint density at radius 1 is 1.18 bits per heavy atom. The summed E-state index contributed by atoms with van der Waals surface area (Å²) in [5.41, 5.74) is 0.640. The first-order valence-electron chi connectivity index (χ1n) is 5.80. The van der Waals surface area contributed by atoms with Crippen molar-refractivity contribution in [3.05, 3.63) is 24.3 Å². The summed E-state index contributed by atoms with van der Waals surface area (Å²) in [4.78, 5) is 1.16. The van der Waals surface area contributed by atoms with Crippen molar-refractivity contribution in [3.63, 3.8) is 0 Å². The van der Waals surface area contributed by atoms with Crippen molar-refractivity contribution in [1.29, 1.82) is 0 Å². The van der Waals surface area contributed by atoms with Gasteiger partial charge in [-0.25, -0.2) is 8.42 Å². The van der Waals surface area contributed by atoms with Gasteiger partial charge in [0.05, 0.1) is 5.75 Å². The van der Waals surface area contributed by atoms with E-state index in [9.17, 15) is 8.42 Å². The zero-order valence-corrected chi connectivity index (χ0v) is 11.9. The van der Waals surface area contributed by atoms with E-state index < -0.39 is 10.0 Å². The molecule has 0 radical (unpaired) electrons. The van der Waals surface area contributed by atoms with Crippen molar-refractivity contribution in [2.24, 2.45) is 0 Å². The highest BCUT2D eigenvalue weighted by Crippen LogP contribution is 2.20. The van der Waals surface area contributed by atoms with Crippen LogP contribution in [-0.4, -0.2) is 19.9 Å². The van der Waals surface area contributed by atoms with Crippen LogP contribution in [0.2, 0.25) is 0 Å². The van der Waals surface area contributed by atoms with Crippen molar-refractivity contribution in [2.75, 3.05) is 16.2 Å². The first-order chi connectivity index (χ1) is 8.07. The molecule has 0 aliphatic carbocycles. The third-order valence-electron chi connectivity index (χ3n) is 2.21. The Labute approximate surface area is 108 Å². The minimum Gasteiger partial charge on any atom is -0.284 e. The fraction of sp³-hybridized carbons (Fsp3) is 0.500. The van der Waals surface area contributed by atoms with E-state index in [4.69, 9.17) is 0 Å². The van der Waals surface area contributed by atoms with E-state index in [0.717, 1.165) is 17.1 Å². The topological polar surface area (TPSA) is 46.2 Å². The highest BCUT2D eigenvalue weighted by Gasteiger charge is 2.08. The molecule has 0 aliphatic heterocycles. The van der Waals surface area contributed by atoms with Gasteiger partial charge in [-0.2, -0.15) is 0 Å². The zero-order chi connectivity index (χ0) is 12.7. The molecule has 1 aromatic rings. The monoisotopic (exact) mass is 273 g/mol. The molecule has 0 atom stereocenters. The first-order valence-corrected chi connectivity index (χ1v) is 8.44. The van der Waals surface area contributed by atoms with Gasteiger partial charge in [-0.05, 0) is 36.4 Å². The van der Waals surface area contributed by atoms with Crippen LogP contribution in [0.1, 0.15) is 26.7 Å². The second kappa shape index (κ2) is 6.91. The summed E-state index contributed by atoms with van der Waals surface area (Å²) < 4.78 is 25.9. The molecule has 0 saturated heterocycles. The smallest absolute Gasteiger partial charge is 0.232 e. The SMILES string of the molecule is CCCCS(=O)(=O)Nc1ccc(SCC)cc1. The molecular weight excluding hydrogens is 254 g/mol. The van der Waals surface area contributed by atoms with E-state index in [1.54, 1.807) is 11.8 Å². The maximum absolute atomic E-state index is 11.7. The normalized spacial score (nSPS) is 11.4. The van der Waals surface area contributed by atoms with Crippen LogP contribution in [0.25, 0.3) is 0 Å². The molecule has 0 fully saturated rings. The van der Waals surface area contributed by atoms with E-state index in [2.05, 4.69) is 11.6 Å². The van der Waals surface area contributed by atoms with Crippen molar-refractivity contribution in [2.45, 2.75) is 31.6 Å². The van der Waals surface area contributed by atoms with Gasteiger partial charge in [0.15, 0.2) is 0 Å². The van der Waals surface area contributed by atoms with Crippen LogP contribution >= 0.6 is 11.8 Å². The van der Waals surface area contributed by atoms with E-state index in [0.29, 0.717) is 12.1 Å². The standard InChI is InChI=1S/C12H19NO2S2/c1-3-5-10-17(14,15)13-11-6-8-12(9-7-11)16-4-2/h6-9,13H,3-5,10H2,1-2H3. The van der Waals surface area contributed by atoms with Gasteiger partial charge in [-0.15, -0.1) is 11.8 Å². The van der Waals surface area contributed by atoms with Gasteiger partial charge in [0, 0.05) is 10.6 Å². The Balaban J connectivity index is 2.62. The highest BCUT2D eigenvalue weighted by atomic mass is 32.2. The number of benzene rings is 1. The largest absolute Gasteiger partial charge is 0.284 e. The lowest BCUT2D eigenvalue weighted by Crippen LogP contribution is -2.16. The second-order valence-electron chi connectivity index (χ2n) is 3.73. The number of anilines is 1. The number of sulfonamides is 1. The molecule has 1 aromatic carbocycles. The molecule has 3 nitrogen and oxygen atoms in total. The summed E-state index contributed by atoms with van der Waals surface area (Å²) in [5.74, 6) is 1.20. The van der Waals surface area contributed by atoms with E-state index in [1.807, 2.05) is 31.2 Å². The average Bonchev–Trinajstić information content (AvgIpc) is 2.29. The molecule has 0 bridgehead atoms. The van der Waals surface area contributed by atoms with Crippen molar-refractivity contribution in [3.8, 4) is 0 Å². The van der Waals surface area contributed by atoms with Crippen LogP contribution in [0.15, 0.2) is 29.2 Å². The van der Waals surface area contributed by atoms with Gasteiger partial charge in [0.2, 0.25) is 10.0 Å². The summed E-state index contributed by atoms with van der Waals surface area (Å²) in [6, 6.07) is 7.49. The summed E-state index contributed by atoms with van der Waals surface area (Å²) in [6.45, 7) is 4.07. The van der Waals surface area contributed by atoms with Gasteiger partial charge in [0.1, 0.15) is 0 Å². The lowest BCUT2D eigenvalue weighted by molar-refractivity contribution is 0.598. The Hall–Kier alpha value is -0.680. The zero-order valence-electron chi connectivity index (χ0n) is 10.3. The van der Waals surface area contributed by atoms with Crippen molar-refractivity contribution in [1.82, 2.24) is 0 Å². The Morgan fingerprint density at radius 3 is 2.35 bits per heavy atom. The Morgan fingerprint density at radius 2 is 1.82 bits per heavy atom. The molecule has 0 unspecified atom stereocenters. The van der Waals surface area contributed by atoms with Gasteiger partial charge in [0.25, 0.3) is 0 Å². The molecular formula is C12H19NO2S2. The predicted molar refractivity (Wildman–Crippen MR) is 75.2 cm³/mol. The van der Waals surface area contributed by atoms with Gasteiger partial charge >= 0.3 is 0 Å². The Bertz CT molecular complexity index is 426.